The van der Waals surface area contributed by atoms with Crippen LogP contribution in [-0.2, 0) is 0 Å². The van der Waals surface area contributed by atoms with Gasteiger partial charge in [0.05, 0.1) is 6.10 Å². The molecular formula is C13H24N4O2S. The van der Waals surface area contributed by atoms with Crippen LogP contribution in [0.15, 0.2) is 0 Å². The zero-order valence-corrected chi connectivity index (χ0v) is 13.3. The van der Waals surface area contributed by atoms with E-state index in [0.29, 0.717) is 11.3 Å². The van der Waals surface area contributed by atoms with Crippen molar-refractivity contribution in [1.29, 1.82) is 0 Å². The molecule has 0 saturated carbocycles. The van der Waals surface area contributed by atoms with Gasteiger partial charge >= 0.3 is 0 Å². The number of thiazole rings is 1. The number of nitrogen functional groups attached to an aromatic ring is 1. The number of rotatable bonds is 7. The summed E-state index contributed by atoms with van der Waals surface area (Å²) in [4.78, 5) is 18.8. The number of hydrogen-bond donors (Lipinski definition) is 3. The summed E-state index contributed by atoms with van der Waals surface area (Å²) >= 11 is 1.29. The first-order valence-corrected chi connectivity index (χ1v) is 7.63. The number of nitrogens with zero attached hydrogens (tertiary/aromatic N) is 2. The molecule has 1 aromatic rings. The van der Waals surface area contributed by atoms with Crippen LogP contribution in [0.4, 0.5) is 10.9 Å². The third kappa shape index (κ3) is 4.64. The number of aliphatic hydroxyl groups excluding tert-OH is 1. The highest BCUT2D eigenvalue weighted by atomic mass is 32.1. The molecule has 0 bridgehead atoms. The first-order valence-electron chi connectivity index (χ1n) is 6.81. The lowest BCUT2D eigenvalue weighted by molar-refractivity contribution is 0.0928. The van der Waals surface area contributed by atoms with Crippen LogP contribution in [0.5, 0.6) is 0 Å². The van der Waals surface area contributed by atoms with Crippen molar-refractivity contribution in [3.05, 3.63) is 4.88 Å². The van der Waals surface area contributed by atoms with E-state index >= 15 is 0 Å². The van der Waals surface area contributed by atoms with Crippen molar-refractivity contribution in [2.45, 2.75) is 45.8 Å². The highest BCUT2D eigenvalue weighted by Crippen LogP contribution is 2.27. The van der Waals surface area contributed by atoms with Crippen LogP contribution in [0.2, 0.25) is 0 Å². The molecule has 1 amide bonds. The number of hydrogen-bond acceptors (Lipinski definition) is 6. The maximum atomic E-state index is 12.1. The van der Waals surface area contributed by atoms with E-state index in [2.05, 4.69) is 17.2 Å². The molecule has 0 aliphatic rings. The second kappa shape index (κ2) is 7.44. The molecule has 0 saturated heterocycles. The van der Waals surface area contributed by atoms with Crippen molar-refractivity contribution < 1.29 is 9.90 Å². The molecule has 7 heteroatoms. The van der Waals surface area contributed by atoms with Crippen molar-refractivity contribution in [3.63, 3.8) is 0 Å². The van der Waals surface area contributed by atoms with E-state index < -0.39 is 6.10 Å². The Hall–Kier alpha value is -1.34. The molecule has 0 aliphatic carbocycles. The van der Waals surface area contributed by atoms with Gasteiger partial charge in [-0.2, -0.15) is 0 Å². The topological polar surface area (TPSA) is 91.5 Å². The number of nitrogens with one attached hydrogen (secondary N) is 1. The van der Waals surface area contributed by atoms with Crippen LogP contribution in [-0.4, -0.2) is 41.7 Å². The minimum atomic E-state index is -0.449. The second-order valence-electron chi connectivity index (χ2n) is 5.09. The molecular weight excluding hydrogens is 276 g/mol. The molecule has 4 N–H and O–H groups in total. The molecule has 0 aromatic carbocycles. The lowest BCUT2D eigenvalue weighted by atomic mass is 10.1. The summed E-state index contributed by atoms with van der Waals surface area (Å²) in [5, 5.41) is 12.9. The first kappa shape index (κ1) is 16.7. The van der Waals surface area contributed by atoms with Crippen molar-refractivity contribution in [1.82, 2.24) is 10.3 Å². The lowest BCUT2D eigenvalue weighted by Gasteiger charge is -2.15. The van der Waals surface area contributed by atoms with Crippen LogP contribution in [0.1, 0.15) is 43.3 Å². The maximum Gasteiger partial charge on any atom is 0.265 e. The number of aromatic nitrogens is 1. The van der Waals surface area contributed by atoms with Gasteiger partial charge in [0, 0.05) is 19.6 Å². The Morgan fingerprint density at radius 3 is 2.75 bits per heavy atom. The van der Waals surface area contributed by atoms with E-state index in [1.165, 1.54) is 11.3 Å². The second-order valence-corrected chi connectivity index (χ2v) is 6.07. The number of anilines is 2. The van der Waals surface area contributed by atoms with Gasteiger partial charge in [-0.15, -0.1) is 0 Å². The van der Waals surface area contributed by atoms with E-state index in [-0.39, 0.29) is 17.8 Å². The van der Waals surface area contributed by atoms with Crippen LogP contribution >= 0.6 is 11.3 Å². The molecule has 2 atom stereocenters. The largest absolute Gasteiger partial charge is 0.393 e. The maximum absolute atomic E-state index is 12.1. The normalized spacial score (nSPS) is 13.8. The number of aliphatic hydroxyl groups is 1. The molecule has 20 heavy (non-hydrogen) atoms. The fourth-order valence-corrected chi connectivity index (χ4v) is 2.81. The molecule has 0 radical (unpaired) electrons. The fraction of sp³-hybridized carbons (Fsp3) is 0.692. The van der Waals surface area contributed by atoms with E-state index in [9.17, 15) is 9.90 Å². The highest BCUT2D eigenvalue weighted by molar-refractivity contribution is 7.18. The van der Waals surface area contributed by atoms with Gasteiger partial charge in [0.2, 0.25) is 0 Å². The first-order chi connectivity index (χ1) is 9.35. The van der Waals surface area contributed by atoms with E-state index in [0.717, 1.165) is 18.1 Å². The van der Waals surface area contributed by atoms with Crippen molar-refractivity contribution in [2.24, 2.45) is 0 Å². The molecule has 0 fully saturated rings. The van der Waals surface area contributed by atoms with Crippen molar-refractivity contribution in [3.8, 4) is 0 Å². The minimum absolute atomic E-state index is 0.110. The third-order valence-corrected chi connectivity index (χ3v) is 3.99. The molecule has 0 spiro atoms. The van der Waals surface area contributed by atoms with Crippen LogP contribution in [0.25, 0.3) is 0 Å². The SMILES string of the molecule is CCCN(C)c1nc(N)c(C(=O)NC(C)CC(C)O)s1. The summed E-state index contributed by atoms with van der Waals surface area (Å²) in [6.45, 7) is 6.50. The Balaban J connectivity index is 2.73. The highest BCUT2D eigenvalue weighted by Gasteiger charge is 2.19. The summed E-state index contributed by atoms with van der Waals surface area (Å²) < 4.78 is 0. The molecule has 1 aromatic heterocycles. The Bertz CT molecular complexity index is 448. The molecule has 1 rings (SSSR count). The van der Waals surface area contributed by atoms with Gasteiger partial charge in [-0.3, -0.25) is 4.79 Å². The van der Waals surface area contributed by atoms with Gasteiger partial charge in [-0.05, 0) is 26.7 Å². The minimum Gasteiger partial charge on any atom is -0.393 e. The monoisotopic (exact) mass is 300 g/mol. The summed E-state index contributed by atoms with van der Waals surface area (Å²) in [5.74, 6) is 0.0269. The van der Waals surface area contributed by atoms with E-state index in [1.807, 2.05) is 18.9 Å². The van der Waals surface area contributed by atoms with Gasteiger partial charge in [0.15, 0.2) is 5.13 Å². The summed E-state index contributed by atoms with van der Waals surface area (Å²) in [5.41, 5.74) is 5.82. The van der Waals surface area contributed by atoms with Crippen LogP contribution in [0.3, 0.4) is 0 Å². The van der Waals surface area contributed by atoms with E-state index in [1.54, 1.807) is 6.92 Å². The van der Waals surface area contributed by atoms with Gasteiger partial charge in [0.1, 0.15) is 10.7 Å². The number of nitrogens with two attached hydrogens (primary N) is 1. The van der Waals surface area contributed by atoms with Gasteiger partial charge in [0.25, 0.3) is 5.91 Å². The van der Waals surface area contributed by atoms with E-state index in [4.69, 9.17) is 5.73 Å². The average molecular weight is 300 g/mol. The lowest BCUT2D eigenvalue weighted by Crippen LogP contribution is -2.34. The zero-order chi connectivity index (χ0) is 15.3. The molecule has 2 unspecified atom stereocenters. The van der Waals surface area contributed by atoms with Crippen LogP contribution < -0.4 is 16.0 Å². The van der Waals surface area contributed by atoms with Crippen molar-refractivity contribution in [2.75, 3.05) is 24.2 Å². The standard InChI is InChI=1S/C13H24N4O2S/c1-5-6-17(4)13-16-11(14)10(20-13)12(19)15-8(2)7-9(3)18/h8-9,18H,5-7,14H2,1-4H3,(H,15,19). The summed E-state index contributed by atoms with van der Waals surface area (Å²) in [7, 11) is 1.93. The van der Waals surface area contributed by atoms with Crippen molar-refractivity contribution >= 4 is 28.2 Å². The number of amides is 1. The quantitative estimate of drug-likeness (QED) is 0.709. The Morgan fingerprint density at radius 1 is 1.55 bits per heavy atom. The Morgan fingerprint density at radius 2 is 2.20 bits per heavy atom. The molecule has 6 nitrogen and oxygen atoms in total. The summed E-state index contributed by atoms with van der Waals surface area (Å²) in [6, 6.07) is -0.110. The Kier molecular flexibility index (Phi) is 6.22. The molecule has 0 aliphatic heterocycles. The fourth-order valence-electron chi connectivity index (χ4n) is 1.94. The van der Waals surface area contributed by atoms with Crippen LogP contribution in [0, 0.1) is 0 Å². The average Bonchev–Trinajstić information content (AvgIpc) is 2.70. The third-order valence-electron chi connectivity index (χ3n) is 2.81. The van der Waals surface area contributed by atoms with Gasteiger partial charge < -0.3 is 21.1 Å². The summed E-state index contributed by atoms with van der Waals surface area (Å²) in [6.07, 6.45) is 1.06. The Labute approximate surface area is 124 Å². The van der Waals surface area contributed by atoms with Gasteiger partial charge in [-0.1, -0.05) is 18.3 Å². The molecule has 1 heterocycles. The predicted octanol–water partition coefficient (Wildman–Crippen LogP) is 1.46. The number of carbonyl (C=O) groups excluding carboxylic acids is 1. The van der Waals surface area contributed by atoms with Gasteiger partial charge in [-0.25, -0.2) is 4.98 Å². The number of carbonyl (C=O) groups is 1. The molecule has 114 valence electrons. The smallest absolute Gasteiger partial charge is 0.265 e. The predicted molar refractivity (Wildman–Crippen MR) is 83.3 cm³/mol. The zero-order valence-electron chi connectivity index (χ0n) is 12.5.